The number of unbranched alkanes of at least 4 members (excludes halogenated alkanes) is 5. The molecule has 0 unspecified atom stereocenters. The first-order valence-corrected chi connectivity index (χ1v) is 15.9. The van der Waals surface area contributed by atoms with Crippen molar-refractivity contribution in [1.82, 2.24) is 0 Å². The number of halogens is 12. The molecule has 0 aromatic heterocycles. The third-order valence-corrected chi connectivity index (χ3v) is 7.69. The van der Waals surface area contributed by atoms with Gasteiger partial charge in [0.05, 0.1) is 5.41 Å². The first kappa shape index (κ1) is 48.8. The number of ether oxygens (including phenoxy) is 3. The van der Waals surface area contributed by atoms with Gasteiger partial charge < -0.3 is 19.3 Å². The van der Waals surface area contributed by atoms with Crippen molar-refractivity contribution < 1.29 is 86.4 Å². The van der Waals surface area contributed by atoms with E-state index in [-0.39, 0.29) is 38.7 Å². The third kappa shape index (κ3) is 11.9. The van der Waals surface area contributed by atoms with Crippen LogP contribution in [-0.4, -0.2) is 85.0 Å². The number of aliphatic hydroxyl groups is 1. The molecule has 52 heavy (non-hydrogen) atoms. The van der Waals surface area contributed by atoms with Crippen molar-refractivity contribution in [1.29, 1.82) is 0 Å². The van der Waals surface area contributed by atoms with Gasteiger partial charge in [-0.25, -0.2) is 14.4 Å². The van der Waals surface area contributed by atoms with Crippen LogP contribution in [0.4, 0.5) is 52.7 Å². The maximum absolute atomic E-state index is 15.5. The minimum atomic E-state index is -7.91. The molecule has 0 aliphatic rings. The van der Waals surface area contributed by atoms with Crippen LogP contribution in [0.25, 0.3) is 0 Å². The van der Waals surface area contributed by atoms with E-state index in [2.05, 4.69) is 29.2 Å². The Balaban J connectivity index is 7.03. The Hall–Kier alpha value is -3.25. The molecule has 302 valence electrons. The summed E-state index contributed by atoms with van der Waals surface area (Å²) in [4.78, 5) is 36.8. The quantitative estimate of drug-likeness (QED) is 0.0308. The fourth-order valence-corrected chi connectivity index (χ4v) is 4.38. The number of carbonyl (C=O) groups excluding carboxylic acids is 3. The highest BCUT2D eigenvalue weighted by Gasteiger charge is 2.90. The molecule has 0 aromatic carbocycles. The van der Waals surface area contributed by atoms with Gasteiger partial charge >= 0.3 is 53.4 Å². The number of carbonyl (C=O) groups is 3. The van der Waals surface area contributed by atoms with Gasteiger partial charge in [-0.05, 0) is 39.5 Å². The van der Waals surface area contributed by atoms with Gasteiger partial charge in [-0.2, -0.15) is 52.7 Å². The number of esters is 3. The molecule has 0 amide bonds. The highest BCUT2D eigenvalue weighted by atomic mass is 19.4. The number of alkyl halides is 12. The molecule has 7 nitrogen and oxygen atoms in total. The predicted octanol–water partition coefficient (Wildman–Crippen LogP) is 9.04. The van der Waals surface area contributed by atoms with Crippen LogP contribution in [0.5, 0.6) is 0 Å². The topological polar surface area (TPSA) is 99.1 Å². The second kappa shape index (κ2) is 19.2. The van der Waals surface area contributed by atoms with E-state index in [9.17, 15) is 49.5 Å². The standard InChI is InChI=1S/C33H44F12O7/c1-7-8-9-10-12-15-28(34,35)30(38,39)32(42,43)33(44,45)31(40,41)29(36,37)17-27(18-50-24(47)21(2)3,19-51-25(48)22(4)5)20-52-26(49)23(6)14-11-13-16-46/h46H,2,4,6-20H2,1,3,5H3. The molecule has 0 saturated heterocycles. The van der Waals surface area contributed by atoms with Gasteiger partial charge in [-0.3, -0.25) is 0 Å². The van der Waals surface area contributed by atoms with E-state index in [4.69, 9.17) is 9.84 Å². The van der Waals surface area contributed by atoms with E-state index in [0.29, 0.717) is 12.8 Å². The Labute approximate surface area is 293 Å². The average molecular weight is 781 g/mol. The van der Waals surface area contributed by atoms with E-state index in [1.165, 1.54) is 0 Å². The van der Waals surface area contributed by atoms with Gasteiger partial charge in [-0.15, -0.1) is 0 Å². The first-order chi connectivity index (χ1) is 23.5. The molecule has 0 rings (SSSR count). The van der Waals surface area contributed by atoms with Gasteiger partial charge in [0.2, 0.25) is 0 Å². The molecule has 0 fully saturated rings. The Bertz CT molecular complexity index is 1240. The molecule has 0 aliphatic carbocycles. The first-order valence-electron chi connectivity index (χ1n) is 15.9. The van der Waals surface area contributed by atoms with Crippen molar-refractivity contribution in [2.75, 3.05) is 26.4 Å². The maximum atomic E-state index is 15.5. The minimum Gasteiger partial charge on any atom is -0.461 e. The highest BCUT2D eigenvalue weighted by Crippen LogP contribution is 2.62. The van der Waals surface area contributed by atoms with Gasteiger partial charge in [0.25, 0.3) is 0 Å². The van der Waals surface area contributed by atoms with Crippen molar-refractivity contribution >= 4 is 17.9 Å². The summed E-state index contributed by atoms with van der Waals surface area (Å²) < 4.78 is 192. The summed E-state index contributed by atoms with van der Waals surface area (Å²) in [5.41, 5.74) is -4.62. The van der Waals surface area contributed by atoms with Crippen molar-refractivity contribution in [3.05, 3.63) is 36.5 Å². The Morgan fingerprint density at radius 2 is 0.962 bits per heavy atom. The molecule has 0 aromatic rings. The summed E-state index contributed by atoms with van der Waals surface area (Å²) >= 11 is 0. The Morgan fingerprint density at radius 1 is 0.558 bits per heavy atom. The van der Waals surface area contributed by atoms with Crippen LogP contribution < -0.4 is 0 Å². The third-order valence-electron chi connectivity index (χ3n) is 7.69. The monoisotopic (exact) mass is 780 g/mol. The zero-order valence-corrected chi connectivity index (χ0v) is 29.0. The van der Waals surface area contributed by atoms with Gasteiger partial charge in [-0.1, -0.05) is 52.3 Å². The summed E-state index contributed by atoms with van der Waals surface area (Å²) in [5.74, 6) is -47.7. The minimum absolute atomic E-state index is 0.109. The fourth-order valence-electron chi connectivity index (χ4n) is 4.38. The fraction of sp³-hybridized carbons (Fsp3) is 0.727. The zero-order valence-electron chi connectivity index (χ0n) is 29.0. The molecule has 0 aliphatic heterocycles. The molecule has 0 heterocycles. The lowest BCUT2D eigenvalue weighted by Crippen LogP contribution is -2.71. The SMILES string of the molecule is C=C(C)C(=O)OCC(COC(=O)C(=C)C)(COC(=O)C(=C)CCCCO)CC(F)(F)C(F)(F)C(F)(F)C(F)(F)C(F)(F)C(F)(F)CCCCCCC. The Kier molecular flexibility index (Phi) is 18.0. The molecule has 1 N–H and O–H groups in total. The van der Waals surface area contributed by atoms with Crippen molar-refractivity contribution in [3.63, 3.8) is 0 Å². The number of hydrogen-bond acceptors (Lipinski definition) is 7. The predicted molar refractivity (Wildman–Crippen MR) is 163 cm³/mol. The van der Waals surface area contributed by atoms with Crippen LogP contribution in [0.2, 0.25) is 0 Å². The summed E-state index contributed by atoms with van der Waals surface area (Å²) in [6, 6.07) is 0. The van der Waals surface area contributed by atoms with Crippen LogP contribution in [0.3, 0.4) is 0 Å². The second-order valence-electron chi connectivity index (χ2n) is 12.6. The summed E-state index contributed by atoms with van der Waals surface area (Å²) in [6.45, 7) is 7.96. The van der Waals surface area contributed by atoms with Crippen molar-refractivity contribution in [2.45, 2.75) is 121 Å². The lowest BCUT2D eigenvalue weighted by molar-refractivity contribution is -0.427. The van der Waals surface area contributed by atoms with Crippen LogP contribution in [0.1, 0.15) is 85.0 Å². The van der Waals surface area contributed by atoms with E-state index >= 15 is 17.6 Å². The molecule has 19 heteroatoms. The van der Waals surface area contributed by atoms with Crippen molar-refractivity contribution in [2.24, 2.45) is 5.41 Å². The lowest BCUT2D eigenvalue weighted by atomic mass is 9.79. The highest BCUT2D eigenvalue weighted by molar-refractivity contribution is 5.88. The second-order valence-corrected chi connectivity index (χ2v) is 12.6. The number of aliphatic hydroxyl groups excluding tert-OH is 1. The average Bonchev–Trinajstić information content (AvgIpc) is 3.03. The smallest absolute Gasteiger partial charge is 0.384 e. The van der Waals surface area contributed by atoms with Crippen LogP contribution in [0, 0.1) is 5.41 Å². The normalized spacial score (nSPS) is 13.4. The molecular formula is C33H44F12O7. The number of rotatable bonds is 26. The van der Waals surface area contributed by atoms with Gasteiger partial charge in [0, 0.05) is 36.2 Å². The molecule has 0 bridgehead atoms. The van der Waals surface area contributed by atoms with E-state index < -0.39 is 115 Å². The molecule has 0 atom stereocenters. The molecule has 0 spiro atoms. The lowest BCUT2D eigenvalue weighted by Gasteiger charge is -2.43. The zero-order chi connectivity index (χ0) is 41.0. The number of hydrogen-bond donors (Lipinski definition) is 1. The van der Waals surface area contributed by atoms with E-state index in [1.807, 2.05) is 0 Å². The largest absolute Gasteiger partial charge is 0.461 e. The molecule has 0 saturated carbocycles. The summed E-state index contributed by atoms with van der Waals surface area (Å²) in [5, 5.41) is 8.89. The van der Waals surface area contributed by atoms with E-state index in [0.717, 1.165) is 13.8 Å². The van der Waals surface area contributed by atoms with E-state index in [1.54, 1.807) is 6.92 Å². The van der Waals surface area contributed by atoms with Crippen LogP contribution in [0.15, 0.2) is 36.5 Å². The summed E-state index contributed by atoms with van der Waals surface area (Å²) in [7, 11) is 0. The van der Waals surface area contributed by atoms with Crippen LogP contribution in [-0.2, 0) is 28.6 Å². The Morgan fingerprint density at radius 3 is 1.37 bits per heavy atom. The van der Waals surface area contributed by atoms with Crippen molar-refractivity contribution in [3.8, 4) is 0 Å². The van der Waals surface area contributed by atoms with Crippen LogP contribution >= 0.6 is 0 Å². The van der Waals surface area contributed by atoms with Gasteiger partial charge in [0.15, 0.2) is 0 Å². The van der Waals surface area contributed by atoms with Gasteiger partial charge in [0.1, 0.15) is 19.8 Å². The summed E-state index contributed by atoms with van der Waals surface area (Å²) in [6.07, 6.45) is -5.20. The maximum Gasteiger partial charge on any atom is 0.384 e. The molecule has 0 radical (unpaired) electrons. The molecular weight excluding hydrogens is 736 g/mol.